The highest BCUT2D eigenvalue weighted by atomic mass is 14.1. The predicted octanol–water partition coefficient (Wildman–Crippen LogP) is 13.7. The van der Waals surface area contributed by atoms with Crippen molar-refractivity contribution in [2.24, 2.45) is 0 Å². The van der Waals surface area contributed by atoms with Crippen molar-refractivity contribution in [2.45, 2.75) is 107 Å². The van der Waals surface area contributed by atoms with Crippen LogP contribution in [0.5, 0.6) is 0 Å². The smallest absolute Gasteiger partial charge is 0.00988 e. The van der Waals surface area contributed by atoms with Crippen LogP contribution in [0, 0.1) is 6.92 Å². The monoisotopic (exact) mass is 560 g/mol. The lowest BCUT2D eigenvalue weighted by Gasteiger charge is -2.14. The second kappa shape index (κ2) is 18.2. The summed E-state index contributed by atoms with van der Waals surface area (Å²) in [6.45, 7) is 22.9. The minimum Gasteiger partial charge on any atom is -0.0984 e. The summed E-state index contributed by atoms with van der Waals surface area (Å²) in [4.78, 5) is 0. The normalized spacial score (nSPS) is 12.8. The zero-order valence-electron chi connectivity index (χ0n) is 28.2. The molecule has 42 heavy (non-hydrogen) atoms. The standard InChI is InChI=1S/C30H34.C7H8.C3H8.C2H6/c1-5-8-9-12-27-21(4)13-15-29-28(27)16-14-24-19-25-17-22(10-6-2)23(11-7-3)18-26(25)20-30(24)29;1-3-6-5-7(6)4-2;1-3-2;1-2/h9,12-20H,5-8,10-11H2,1-4H3;3-5H,1H2,2H3;3H2,1-2H3;1-2H3/b12-9-;7-4+;;. The molecule has 0 aromatic heterocycles. The Labute approximate surface area is 257 Å². The van der Waals surface area contributed by atoms with E-state index in [-0.39, 0.29) is 0 Å². The maximum Gasteiger partial charge on any atom is -0.00988 e. The number of aryl methyl sites for hydroxylation is 3. The summed E-state index contributed by atoms with van der Waals surface area (Å²) in [5.74, 6) is 0. The third-order valence-corrected chi connectivity index (χ3v) is 7.42. The maximum atomic E-state index is 3.61. The Morgan fingerprint density at radius 2 is 1.29 bits per heavy atom. The molecule has 0 heteroatoms. The number of hydrogen-bond donors (Lipinski definition) is 0. The molecule has 4 aromatic carbocycles. The van der Waals surface area contributed by atoms with Crippen molar-refractivity contribution in [1.29, 1.82) is 0 Å². The number of allylic oxidation sites excluding steroid dienone is 6. The molecule has 0 bridgehead atoms. The van der Waals surface area contributed by atoms with E-state index in [4.69, 9.17) is 0 Å². The number of rotatable bonds is 8. The van der Waals surface area contributed by atoms with E-state index < -0.39 is 0 Å². The lowest BCUT2D eigenvalue weighted by atomic mass is 9.91. The molecule has 0 heterocycles. The molecule has 224 valence electrons. The molecule has 0 saturated heterocycles. The summed E-state index contributed by atoms with van der Waals surface area (Å²) in [6.07, 6.45) is 19.0. The van der Waals surface area contributed by atoms with Crippen LogP contribution in [0.3, 0.4) is 0 Å². The molecule has 1 aliphatic carbocycles. The second-order valence-corrected chi connectivity index (χ2v) is 10.9. The number of hydrogen-bond acceptors (Lipinski definition) is 0. The van der Waals surface area contributed by atoms with Gasteiger partial charge in [-0.3, -0.25) is 0 Å². The Morgan fingerprint density at radius 3 is 1.79 bits per heavy atom. The Morgan fingerprint density at radius 1 is 0.690 bits per heavy atom. The summed E-state index contributed by atoms with van der Waals surface area (Å²) >= 11 is 0. The summed E-state index contributed by atoms with van der Waals surface area (Å²) in [5.41, 5.74) is 8.42. The molecule has 0 N–H and O–H groups in total. The SMILES string of the molecule is C=CC1=CC/1=C\C.CC.CCC.CCC/C=C\c1c(C)ccc2c1ccc1cc3cc(CCC)c(CCC)cc3cc12. The van der Waals surface area contributed by atoms with Crippen molar-refractivity contribution >= 4 is 38.4 Å². The van der Waals surface area contributed by atoms with E-state index in [0.29, 0.717) is 0 Å². The van der Waals surface area contributed by atoms with Crippen LogP contribution in [0.2, 0.25) is 0 Å². The molecule has 0 unspecified atom stereocenters. The van der Waals surface area contributed by atoms with Gasteiger partial charge < -0.3 is 0 Å². The fourth-order valence-electron chi connectivity index (χ4n) is 5.32. The third kappa shape index (κ3) is 9.06. The van der Waals surface area contributed by atoms with Gasteiger partial charge in [0.2, 0.25) is 0 Å². The first-order valence-electron chi connectivity index (χ1n) is 16.5. The highest BCUT2D eigenvalue weighted by Crippen LogP contribution is 2.34. The molecule has 1 aliphatic rings. The molecule has 0 nitrogen and oxygen atoms in total. The molecular formula is C42H56. The minimum absolute atomic E-state index is 1.13. The Hall–Kier alpha value is -3.38. The van der Waals surface area contributed by atoms with Crippen LogP contribution in [0.1, 0.15) is 110 Å². The first-order chi connectivity index (χ1) is 20.5. The number of benzene rings is 4. The van der Waals surface area contributed by atoms with E-state index in [1.54, 1.807) is 0 Å². The largest absolute Gasteiger partial charge is 0.0984 e. The summed E-state index contributed by atoms with van der Waals surface area (Å²) in [6, 6.07) is 19.0. The van der Waals surface area contributed by atoms with Crippen LogP contribution in [0.4, 0.5) is 0 Å². The fourth-order valence-corrected chi connectivity index (χ4v) is 5.32. The summed E-state index contributed by atoms with van der Waals surface area (Å²) < 4.78 is 0. The lowest BCUT2D eigenvalue weighted by Crippen LogP contribution is -1.95. The molecule has 5 rings (SSSR count). The molecule has 0 aliphatic heterocycles. The van der Waals surface area contributed by atoms with Gasteiger partial charge in [0, 0.05) is 0 Å². The number of fused-ring (bicyclic) bond motifs is 4. The van der Waals surface area contributed by atoms with E-state index in [2.05, 4.69) is 121 Å². The van der Waals surface area contributed by atoms with Gasteiger partial charge in [0.25, 0.3) is 0 Å². The Balaban J connectivity index is 0.000000434. The van der Waals surface area contributed by atoms with Gasteiger partial charge in [-0.1, -0.05) is 141 Å². The van der Waals surface area contributed by atoms with Crippen LogP contribution in [0.15, 0.2) is 90.6 Å². The maximum absolute atomic E-state index is 3.61. The molecule has 4 aromatic rings. The van der Waals surface area contributed by atoms with Crippen molar-refractivity contribution in [2.75, 3.05) is 0 Å². The van der Waals surface area contributed by atoms with Gasteiger partial charge in [-0.05, 0) is 117 Å². The van der Waals surface area contributed by atoms with Gasteiger partial charge in [0.15, 0.2) is 0 Å². The molecular weight excluding hydrogens is 504 g/mol. The topological polar surface area (TPSA) is 0 Å². The predicted molar refractivity (Wildman–Crippen MR) is 195 cm³/mol. The highest BCUT2D eigenvalue weighted by Gasteiger charge is 2.10. The van der Waals surface area contributed by atoms with Crippen molar-refractivity contribution in [3.63, 3.8) is 0 Å². The van der Waals surface area contributed by atoms with Crippen LogP contribution >= 0.6 is 0 Å². The molecule has 0 atom stereocenters. The summed E-state index contributed by atoms with van der Waals surface area (Å²) in [7, 11) is 0. The van der Waals surface area contributed by atoms with Crippen LogP contribution in [-0.4, -0.2) is 0 Å². The molecule has 0 amide bonds. The van der Waals surface area contributed by atoms with Gasteiger partial charge >= 0.3 is 0 Å². The average molecular weight is 561 g/mol. The first-order valence-corrected chi connectivity index (χ1v) is 16.5. The van der Waals surface area contributed by atoms with E-state index in [0.717, 1.165) is 6.42 Å². The van der Waals surface area contributed by atoms with Crippen LogP contribution in [-0.2, 0) is 12.8 Å². The Bertz CT molecular complexity index is 1540. The van der Waals surface area contributed by atoms with Gasteiger partial charge in [0.1, 0.15) is 0 Å². The zero-order chi connectivity index (χ0) is 31.1. The zero-order valence-corrected chi connectivity index (χ0v) is 28.2. The molecule has 0 spiro atoms. The van der Waals surface area contributed by atoms with E-state index >= 15 is 0 Å². The summed E-state index contributed by atoms with van der Waals surface area (Å²) in [5, 5.41) is 8.20. The molecule has 0 saturated carbocycles. The van der Waals surface area contributed by atoms with Crippen molar-refractivity contribution in [3.05, 3.63) is 113 Å². The van der Waals surface area contributed by atoms with Gasteiger partial charge in [-0.15, -0.1) is 0 Å². The first kappa shape index (κ1) is 34.8. The van der Waals surface area contributed by atoms with Crippen molar-refractivity contribution in [3.8, 4) is 0 Å². The number of unbranched alkanes of at least 4 members (excludes halogenated alkanes) is 1. The van der Waals surface area contributed by atoms with E-state index in [1.165, 1.54) is 104 Å². The van der Waals surface area contributed by atoms with Crippen LogP contribution < -0.4 is 0 Å². The quantitative estimate of drug-likeness (QED) is 0.148. The van der Waals surface area contributed by atoms with Crippen molar-refractivity contribution in [1.82, 2.24) is 0 Å². The lowest BCUT2D eigenvalue weighted by molar-refractivity contribution is 0.864. The van der Waals surface area contributed by atoms with Gasteiger partial charge in [-0.25, -0.2) is 0 Å². The second-order valence-electron chi connectivity index (χ2n) is 10.9. The molecule has 0 fully saturated rings. The third-order valence-electron chi connectivity index (χ3n) is 7.42. The van der Waals surface area contributed by atoms with E-state index in [9.17, 15) is 0 Å². The average Bonchev–Trinajstić information content (AvgIpc) is 3.79. The van der Waals surface area contributed by atoms with Gasteiger partial charge in [0.05, 0.1) is 0 Å². The fraction of sp³-hybridized carbons (Fsp3) is 0.381. The Kier molecular flexibility index (Phi) is 15.1. The van der Waals surface area contributed by atoms with Gasteiger partial charge in [-0.2, -0.15) is 0 Å². The highest BCUT2D eigenvalue weighted by molar-refractivity contribution is 6.14. The molecule has 0 radical (unpaired) electrons. The minimum atomic E-state index is 1.13. The van der Waals surface area contributed by atoms with E-state index in [1.807, 2.05) is 26.8 Å². The van der Waals surface area contributed by atoms with Crippen molar-refractivity contribution < 1.29 is 0 Å². The van der Waals surface area contributed by atoms with Crippen LogP contribution in [0.25, 0.3) is 38.4 Å².